The predicted molar refractivity (Wildman–Crippen MR) is 93.4 cm³/mol. The molecule has 0 aromatic heterocycles. The zero-order chi connectivity index (χ0) is 19.2. The molecule has 0 spiro atoms. The molecule has 28 heavy (non-hydrogen) atoms. The Hall–Kier alpha value is -3.23. The minimum Gasteiger partial charge on any atom is -0.454 e. The zero-order valence-corrected chi connectivity index (χ0v) is 14.6. The van der Waals surface area contributed by atoms with Crippen LogP contribution in [-0.2, 0) is 9.59 Å². The van der Waals surface area contributed by atoms with Gasteiger partial charge in [0.15, 0.2) is 11.5 Å². The van der Waals surface area contributed by atoms with Crippen molar-refractivity contribution in [3.8, 4) is 11.5 Å². The van der Waals surface area contributed by atoms with E-state index < -0.39 is 4.92 Å². The molecule has 1 aromatic carbocycles. The van der Waals surface area contributed by atoms with Gasteiger partial charge in [-0.15, -0.1) is 0 Å². The summed E-state index contributed by atoms with van der Waals surface area (Å²) < 4.78 is 10.4. The third-order valence-corrected chi connectivity index (χ3v) is 6.67. The molecular formula is C19H15N3O6. The number of benzene rings is 1. The van der Waals surface area contributed by atoms with Gasteiger partial charge in [0.2, 0.25) is 6.79 Å². The first-order valence-corrected chi connectivity index (χ1v) is 9.23. The van der Waals surface area contributed by atoms with Crippen LogP contribution in [0.3, 0.4) is 0 Å². The molecule has 4 aliphatic carbocycles. The molecule has 6 aliphatic rings. The Bertz CT molecular complexity index is 981. The van der Waals surface area contributed by atoms with E-state index in [0.717, 1.165) is 11.4 Å². The molecule has 0 unspecified atom stereocenters. The number of ether oxygens (including phenoxy) is 2. The number of rotatable bonds is 3. The van der Waals surface area contributed by atoms with E-state index in [2.05, 4.69) is 17.3 Å². The largest absolute Gasteiger partial charge is 0.454 e. The first-order chi connectivity index (χ1) is 13.5. The highest BCUT2D eigenvalue weighted by Crippen LogP contribution is 2.65. The SMILES string of the molecule is O=C1[C@@H]2[C@@H]3C=C[C@H]([C@H]4C[C@H]34)[C@@H]2C(=O)N1/N=C/c1cc2c(cc1[N+](=O)[O-])OCO2. The molecule has 1 aromatic rings. The summed E-state index contributed by atoms with van der Waals surface area (Å²) in [4.78, 5) is 36.6. The van der Waals surface area contributed by atoms with Crippen molar-refractivity contribution in [2.45, 2.75) is 6.42 Å². The van der Waals surface area contributed by atoms with Gasteiger partial charge in [0, 0.05) is 0 Å². The predicted octanol–water partition coefficient (Wildman–Crippen LogP) is 1.71. The summed E-state index contributed by atoms with van der Waals surface area (Å²) in [5.41, 5.74) is -0.0823. The molecule has 2 amide bonds. The number of imide groups is 1. The molecule has 0 radical (unpaired) electrons. The molecule has 0 N–H and O–H groups in total. The average molecular weight is 381 g/mol. The van der Waals surface area contributed by atoms with Crippen LogP contribution in [0.15, 0.2) is 29.4 Å². The van der Waals surface area contributed by atoms with Crippen molar-refractivity contribution in [3.63, 3.8) is 0 Å². The molecule has 9 nitrogen and oxygen atoms in total. The minimum absolute atomic E-state index is 0.0162. The number of hydrogen-bond donors (Lipinski definition) is 0. The minimum atomic E-state index is -0.561. The summed E-state index contributed by atoms with van der Waals surface area (Å²) in [5.74, 6) is 0.558. The van der Waals surface area contributed by atoms with Gasteiger partial charge in [-0.05, 0) is 36.2 Å². The van der Waals surface area contributed by atoms with E-state index in [4.69, 9.17) is 9.47 Å². The van der Waals surface area contributed by atoms with Crippen molar-refractivity contribution in [2.24, 2.45) is 40.6 Å². The van der Waals surface area contributed by atoms with Crippen molar-refractivity contribution < 1.29 is 24.0 Å². The summed E-state index contributed by atoms with van der Waals surface area (Å²) in [6.45, 7) is -0.0162. The van der Waals surface area contributed by atoms with Crippen molar-refractivity contribution in [2.75, 3.05) is 6.79 Å². The smallest absolute Gasteiger partial charge is 0.282 e. The van der Waals surface area contributed by atoms with Crippen molar-refractivity contribution in [1.82, 2.24) is 5.01 Å². The lowest BCUT2D eigenvalue weighted by Crippen LogP contribution is -2.40. The average Bonchev–Trinajstić information content (AvgIpc) is 3.33. The van der Waals surface area contributed by atoms with Crippen LogP contribution >= 0.6 is 0 Å². The fraction of sp³-hybridized carbons (Fsp3) is 0.421. The monoisotopic (exact) mass is 381 g/mol. The summed E-state index contributed by atoms with van der Waals surface area (Å²) in [7, 11) is 0. The van der Waals surface area contributed by atoms with Gasteiger partial charge in [-0.25, -0.2) is 0 Å². The number of allylic oxidation sites excluding steroid dienone is 2. The topological polar surface area (TPSA) is 111 Å². The number of hydrazone groups is 1. The third-order valence-electron chi connectivity index (χ3n) is 6.67. The number of nitrogens with zero attached hydrogens (tertiary/aromatic N) is 3. The van der Waals surface area contributed by atoms with Crippen LogP contribution in [0.5, 0.6) is 11.5 Å². The highest BCUT2D eigenvalue weighted by Gasteiger charge is 2.67. The number of carbonyl (C=O) groups is 2. The number of fused-ring (bicyclic) bond motifs is 1. The quantitative estimate of drug-likeness (QED) is 0.259. The van der Waals surface area contributed by atoms with E-state index in [0.29, 0.717) is 17.6 Å². The summed E-state index contributed by atoms with van der Waals surface area (Å²) >= 11 is 0. The summed E-state index contributed by atoms with van der Waals surface area (Å²) in [6.07, 6.45) is 6.44. The molecule has 1 saturated heterocycles. The van der Waals surface area contributed by atoms with Crippen LogP contribution in [0.2, 0.25) is 0 Å². The van der Waals surface area contributed by atoms with Gasteiger partial charge < -0.3 is 9.47 Å². The van der Waals surface area contributed by atoms with Crippen LogP contribution < -0.4 is 9.47 Å². The fourth-order valence-corrected chi connectivity index (χ4v) is 5.38. The summed E-state index contributed by atoms with van der Waals surface area (Å²) in [5, 5.41) is 16.3. The molecule has 7 rings (SSSR count). The zero-order valence-electron chi connectivity index (χ0n) is 14.6. The van der Waals surface area contributed by atoms with Gasteiger partial charge >= 0.3 is 0 Å². The maximum atomic E-state index is 12.9. The van der Waals surface area contributed by atoms with E-state index in [-0.39, 0.29) is 59.3 Å². The van der Waals surface area contributed by atoms with E-state index in [1.54, 1.807) is 0 Å². The van der Waals surface area contributed by atoms with Crippen molar-refractivity contribution in [3.05, 3.63) is 40.0 Å². The Balaban J connectivity index is 1.34. The molecule has 2 aliphatic heterocycles. The molecule has 3 fully saturated rings. The van der Waals surface area contributed by atoms with Gasteiger partial charge in [-0.2, -0.15) is 10.1 Å². The van der Waals surface area contributed by atoms with Crippen LogP contribution in [-0.4, -0.2) is 34.8 Å². The first-order valence-electron chi connectivity index (χ1n) is 9.23. The van der Waals surface area contributed by atoms with Gasteiger partial charge in [-0.1, -0.05) is 12.2 Å². The van der Waals surface area contributed by atoms with E-state index in [9.17, 15) is 19.7 Å². The van der Waals surface area contributed by atoms with Crippen molar-refractivity contribution in [1.29, 1.82) is 0 Å². The second kappa shape index (κ2) is 5.18. The fourth-order valence-electron chi connectivity index (χ4n) is 5.38. The van der Waals surface area contributed by atoms with E-state index in [1.165, 1.54) is 18.3 Å². The Morgan fingerprint density at radius 1 is 1.07 bits per heavy atom. The van der Waals surface area contributed by atoms with Crippen LogP contribution in [0.25, 0.3) is 0 Å². The lowest BCUT2D eigenvalue weighted by molar-refractivity contribution is -0.385. The van der Waals surface area contributed by atoms with Gasteiger partial charge in [0.25, 0.3) is 17.5 Å². The highest BCUT2D eigenvalue weighted by molar-refractivity contribution is 6.06. The van der Waals surface area contributed by atoms with Gasteiger partial charge in [0.05, 0.1) is 34.6 Å². The first kappa shape index (κ1) is 15.8. The number of amides is 2. The standard InChI is InChI=1S/C19H15N3O6/c23-18-16-9-1-2-10(12-4-11(9)12)17(16)19(24)21(18)20-6-8-3-14-15(28-7-27-14)5-13(8)22(25)26/h1-3,5-6,9-12,16-17H,4,7H2/b20-6+/t9-,10-,11-,12-,16-,17+/m1/s1. The van der Waals surface area contributed by atoms with E-state index >= 15 is 0 Å². The lowest BCUT2D eigenvalue weighted by atomic mass is 9.63. The Morgan fingerprint density at radius 3 is 2.29 bits per heavy atom. The number of nitro benzene ring substituents is 1. The molecule has 2 bridgehead atoms. The van der Waals surface area contributed by atoms with Crippen molar-refractivity contribution >= 4 is 23.7 Å². The van der Waals surface area contributed by atoms with Gasteiger partial charge in [0.1, 0.15) is 0 Å². The van der Waals surface area contributed by atoms with Crippen LogP contribution in [0.1, 0.15) is 12.0 Å². The van der Waals surface area contributed by atoms with Gasteiger partial charge in [-0.3, -0.25) is 19.7 Å². The Kier molecular flexibility index (Phi) is 2.92. The maximum Gasteiger partial charge on any atom is 0.282 e. The lowest BCUT2D eigenvalue weighted by Gasteiger charge is -2.37. The maximum absolute atomic E-state index is 12.9. The second-order valence-electron chi connectivity index (χ2n) is 7.91. The number of hydrogen-bond acceptors (Lipinski definition) is 7. The number of nitro groups is 1. The summed E-state index contributed by atoms with van der Waals surface area (Å²) in [6, 6.07) is 2.69. The number of carbonyl (C=O) groups excluding carboxylic acids is 2. The second-order valence-corrected chi connectivity index (χ2v) is 7.91. The molecular weight excluding hydrogens is 366 g/mol. The third kappa shape index (κ3) is 1.93. The van der Waals surface area contributed by atoms with Crippen LogP contribution in [0, 0.1) is 45.6 Å². The molecule has 2 heterocycles. The molecule has 2 saturated carbocycles. The Labute approximate surface area is 158 Å². The molecule has 9 heteroatoms. The van der Waals surface area contributed by atoms with E-state index in [1.807, 2.05) is 0 Å². The Morgan fingerprint density at radius 2 is 1.68 bits per heavy atom. The van der Waals surface area contributed by atoms with Crippen LogP contribution in [0.4, 0.5) is 5.69 Å². The highest BCUT2D eigenvalue weighted by atomic mass is 16.7. The normalized spacial score (nSPS) is 36.2. The molecule has 142 valence electrons. The molecule has 6 atom stereocenters.